The lowest BCUT2D eigenvalue weighted by Gasteiger charge is -2.25. The van der Waals surface area contributed by atoms with Crippen molar-refractivity contribution in [1.29, 1.82) is 0 Å². The molecule has 1 aliphatic rings. The van der Waals surface area contributed by atoms with Gasteiger partial charge in [0.2, 0.25) is 0 Å². The fourth-order valence-corrected chi connectivity index (χ4v) is 6.65. The maximum absolute atomic E-state index is 14.1. The summed E-state index contributed by atoms with van der Waals surface area (Å²) in [4.78, 5) is 32.7. The summed E-state index contributed by atoms with van der Waals surface area (Å²) in [6.07, 6.45) is 4.06. The van der Waals surface area contributed by atoms with Crippen LogP contribution in [0.3, 0.4) is 0 Å². The maximum atomic E-state index is 14.1. The van der Waals surface area contributed by atoms with E-state index in [9.17, 15) is 9.59 Å². The Balaban J connectivity index is 1.51. The van der Waals surface area contributed by atoms with Gasteiger partial charge < -0.3 is 9.30 Å². The van der Waals surface area contributed by atoms with E-state index < -0.39 is 12.0 Å². The number of carbonyl (C=O) groups is 1. The van der Waals surface area contributed by atoms with E-state index in [0.29, 0.717) is 26.5 Å². The number of fused-ring (bicyclic) bond motifs is 2. The molecule has 0 radical (unpaired) electrons. The van der Waals surface area contributed by atoms with Crippen LogP contribution >= 0.6 is 11.3 Å². The van der Waals surface area contributed by atoms with Gasteiger partial charge in [-0.05, 0) is 48.6 Å². The minimum atomic E-state index is -0.622. The van der Waals surface area contributed by atoms with Crippen LogP contribution in [0, 0.1) is 0 Å². The third-order valence-corrected chi connectivity index (χ3v) is 8.72. The molecule has 3 aromatic carbocycles. The topological polar surface area (TPSA) is 65.6 Å². The largest absolute Gasteiger partial charge is 0.463 e. The third kappa shape index (κ3) is 5.05. The van der Waals surface area contributed by atoms with Crippen molar-refractivity contribution in [3.05, 3.63) is 138 Å². The number of ether oxygens (including phenoxy) is 1. The summed E-state index contributed by atoms with van der Waals surface area (Å²) in [5, 5.41) is 1.07. The maximum Gasteiger partial charge on any atom is 0.338 e. The molecule has 0 saturated heterocycles. The van der Waals surface area contributed by atoms with Gasteiger partial charge in [-0.3, -0.25) is 9.36 Å². The zero-order valence-electron chi connectivity index (χ0n) is 24.2. The molecule has 42 heavy (non-hydrogen) atoms. The number of aromatic nitrogens is 2. The van der Waals surface area contributed by atoms with Gasteiger partial charge in [0.25, 0.3) is 5.56 Å². The number of esters is 1. The van der Waals surface area contributed by atoms with Crippen LogP contribution in [0.15, 0.2) is 106 Å². The summed E-state index contributed by atoms with van der Waals surface area (Å²) in [6.45, 7) is 8.85. The Morgan fingerprint density at radius 2 is 1.74 bits per heavy atom. The molecule has 3 heterocycles. The van der Waals surface area contributed by atoms with E-state index in [1.54, 1.807) is 11.5 Å². The van der Waals surface area contributed by atoms with Crippen LogP contribution < -0.4 is 14.9 Å². The third-order valence-electron chi connectivity index (χ3n) is 7.74. The van der Waals surface area contributed by atoms with E-state index in [1.165, 1.54) is 22.5 Å². The van der Waals surface area contributed by atoms with E-state index in [1.807, 2.05) is 55.5 Å². The smallest absolute Gasteiger partial charge is 0.338 e. The first kappa shape index (κ1) is 27.7. The Morgan fingerprint density at radius 1 is 1.02 bits per heavy atom. The summed E-state index contributed by atoms with van der Waals surface area (Å²) in [6, 6.07) is 26.1. The van der Waals surface area contributed by atoms with E-state index in [0.717, 1.165) is 28.6 Å². The zero-order valence-corrected chi connectivity index (χ0v) is 25.0. The van der Waals surface area contributed by atoms with Crippen molar-refractivity contribution in [2.45, 2.75) is 46.2 Å². The van der Waals surface area contributed by atoms with Crippen molar-refractivity contribution in [1.82, 2.24) is 9.13 Å². The van der Waals surface area contributed by atoms with Crippen LogP contribution in [-0.2, 0) is 16.1 Å². The number of para-hydroxylation sites is 1. The average Bonchev–Trinajstić information content (AvgIpc) is 3.49. The summed E-state index contributed by atoms with van der Waals surface area (Å²) < 4.78 is 9.88. The molecule has 0 bridgehead atoms. The molecule has 0 aliphatic carbocycles. The minimum absolute atomic E-state index is 0.175. The van der Waals surface area contributed by atoms with Gasteiger partial charge in [0.1, 0.15) is 0 Å². The Bertz CT molecular complexity index is 1990. The van der Waals surface area contributed by atoms with E-state index in [4.69, 9.17) is 9.73 Å². The van der Waals surface area contributed by atoms with Crippen molar-refractivity contribution in [2.75, 3.05) is 6.61 Å². The predicted molar refractivity (Wildman–Crippen MR) is 168 cm³/mol. The second-order valence-corrected chi connectivity index (χ2v) is 11.8. The minimum Gasteiger partial charge on any atom is -0.463 e. The molecule has 7 heteroatoms. The highest BCUT2D eigenvalue weighted by Crippen LogP contribution is 2.31. The first-order chi connectivity index (χ1) is 20.4. The van der Waals surface area contributed by atoms with E-state index >= 15 is 0 Å². The normalized spacial score (nSPS) is 15.3. The summed E-state index contributed by atoms with van der Waals surface area (Å²) in [5.74, 6) is -0.0817. The molecule has 0 N–H and O–H groups in total. The van der Waals surface area contributed by atoms with Crippen molar-refractivity contribution >= 4 is 34.3 Å². The predicted octanol–water partition coefficient (Wildman–Crippen LogP) is 5.92. The number of benzene rings is 3. The Morgan fingerprint density at radius 3 is 2.45 bits per heavy atom. The molecular formula is C35H33N3O3S. The summed E-state index contributed by atoms with van der Waals surface area (Å²) >= 11 is 1.35. The van der Waals surface area contributed by atoms with Crippen LogP contribution in [0.5, 0.6) is 0 Å². The molecule has 1 aliphatic heterocycles. The van der Waals surface area contributed by atoms with E-state index in [-0.39, 0.29) is 12.2 Å². The number of nitrogens with zero attached hydrogens (tertiary/aromatic N) is 3. The van der Waals surface area contributed by atoms with Crippen LogP contribution in [0.4, 0.5) is 0 Å². The number of carbonyl (C=O) groups excluding carboxylic acids is 1. The van der Waals surface area contributed by atoms with Gasteiger partial charge in [0.15, 0.2) is 4.80 Å². The van der Waals surface area contributed by atoms with Gasteiger partial charge in [-0.15, -0.1) is 0 Å². The average molecular weight is 576 g/mol. The standard InChI is InChI=1S/C35H33N3O3S/c1-5-41-34(40)31-23(4)36-35-38(32(31)26-17-15-25(16-18-26)22(2)3)33(39)30(42-35)19-27-21-37(20-24-11-7-6-8-12-24)29-14-10-9-13-28(27)29/h6-19,21-22,32H,5,20H2,1-4H3/t32-/m1/s1. The molecule has 1 atom stereocenters. The van der Waals surface area contributed by atoms with Crippen LogP contribution in [0.25, 0.3) is 17.0 Å². The second-order valence-electron chi connectivity index (χ2n) is 10.8. The highest BCUT2D eigenvalue weighted by atomic mass is 32.1. The first-order valence-corrected chi connectivity index (χ1v) is 15.1. The second kappa shape index (κ2) is 11.4. The van der Waals surface area contributed by atoms with Crippen LogP contribution in [0.2, 0.25) is 0 Å². The molecule has 0 spiro atoms. The fraction of sp³-hybridized carbons (Fsp3) is 0.229. The molecule has 0 amide bonds. The Kier molecular flexibility index (Phi) is 7.52. The number of rotatable bonds is 7. The van der Waals surface area contributed by atoms with Crippen LogP contribution in [-0.4, -0.2) is 21.7 Å². The van der Waals surface area contributed by atoms with Gasteiger partial charge in [-0.2, -0.15) is 0 Å². The first-order valence-electron chi connectivity index (χ1n) is 14.3. The molecular weight excluding hydrogens is 542 g/mol. The molecule has 212 valence electrons. The lowest BCUT2D eigenvalue weighted by molar-refractivity contribution is -0.139. The summed E-state index contributed by atoms with van der Waals surface area (Å²) in [7, 11) is 0. The van der Waals surface area contributed by atoms with Gasteiger partial charge >= 0.3 is 5.97 Å². The SMILES string of the molecule is CCOC(=O)C1=C(C)N=c2sc(=Cc3cn(Cc4ccccc4)c4ccccc34)c(=O)n2[C@@H]1c1ccc(C(C)C)cc1. The van der Waals surface area contributed by atoms with Crippen molar-refractivity contribution in [3.8, 4) is 0 Å². The molecule has 6 nitrogen and oxygen atoms in total. The fourth-order valence-electron chi connectivity index (χ4n) is 5.61. The van der Waals surface area contributed by atoms with Crippen LogP contribution in [0.1, 0.15) is 61.9 Å². The Hall–Kier alpha value is -4.49. The van der Waals surface area contributed by atoms with Gasteiger partial charge in [0.05, 0.1) is 28.5 Å². The monoisotopic (exact) mass is 575 g/mol. The molecule has 2 aromatic heterocycles. The van der Waals surface area contributed by atoms with Crippen molar-refractivity contribution in [3.63, 3.8) is 0 Å². The lowest BCUT2D eigenvalue weighted by atomic mass is 9.93. The number of allylic oxidation sites excluding steroid dienone is 1. The molecule has 0 saturated carbocycles. The summed E-state index contributed by atoms with van der Waals surface area (Å²) in [5.41, 5.74) is 6.10. The van der Waals surface area contributed by atoms with Gasteiger partial charge in [-0.25, -0.2) is 9.79 Å². The zero-order chi connectivity index (χ0) is 29.4. The quantitative estimate of drug-likeness (QED) is 0.226. The van der Waals surface area contributed by atoms with Gasteiger partial charge in [-0.1, -0.05) is 98.0 Å². The lowest BCUT2D eigenvalue weighted by Crippen LogP contribution is -2.39. The molecule has 0 unspecified atom stereocenters. The number of hydrogen-bond acceptors (Lipinski definition) is 5. The highest BCUT2D eigenvalue weighted by Gasteiger charge is 2.33. The Labute approximate surface area is 248 Å². The van der Waals surface area contributed by atoms with Crippen molar-refractivity contribution in [2.24, 2.45) is 4.99 Å². The molecule has 5 aromatic rings. The number of thiazole rings is 1. The van der Waals surface area contributed by atoms with Gasteiger partial charge in [0, 0.05) is 29.2 Å². The molecule has 6 rings (SSSR count). The van der Waals surface area contributed by atoms with E-state index in [2.05, 4.69) is 61.0 Å². The van der Waals surface area contributed by atoms with Crippen molar-refractivity contribution < 1.29 is 9.53 Å². The molecule has 0 fully saturated rings. The number of hydrogen-bond donors (Lipinski definition) is 0. The highest BCUT2D eigenvalue weighted by molar-refractivity contribution is 7.07.